The van der Waals surface area contributed by atoms with Crippen LogP contribution in [0.4, 0.5) is 5.69 Å². The molecule has 0 spiro atoms. The lowest BCUT2D eigenvalue weighted by molar-refractivity contribution is -0.117. The second-order valence-electron chi connectivity index (χ2n) is 6.57. The van der Waals surface area contributed by atoms with Crippen molar-refractivity contribution < 1.29 is 14.3 Å². The van der Waals surface area contributed by atoms with E-state index in [9.17, 15) is 9.59 Å². The highest BCUT2D eigenvalue weighted by Gasteiger charge is 2.23. The van der Waals surface area contributed by atoms with Crippen LogP contribution in [-0.4, -0.2) is 66.4 Å². The number of carbonyl (C=O) groups excluding carboxylic acids is 2. The minimum atomic E-state index is -0.0473. The first-order valence-electron chi connectivity index (χ1n) is 8.93. The molecule has 7 heteroatoms. The Morgan fingerprint density at radius 3 is 2.37 bits per heavy atom. The van der Waals surface area contributed by atoms with Crippen molar-refractivity contribution in [3.05, 3.63) is 53.7 Å². The largest absolute Gasteiger partial charge is 0.481 e. The van der Waals surface area contributed by atoms with Gasteiger partial charge in [0, 0.05) is 44.1 Å². The highest BCUT2D eigenvalue weighted by atomic mass is 16.5. The monoisotopic (exact) mass is 368 g/mol. The molecule has 27 heavy (non-hydrogen) atoms. The van der Waals surface area contributed by atoms with Crippen LogP contribution in [-0.2, 0) is 4.79 Å². The summed E-state index contributed by atoms with van der Waals surface area (Å²) in [5, 5.41) is 2.91. The number of hydrogen-bond acceptors (Lipinski definition) is 5. The van der Waals surface area contributed by atoms with Crippen molar-refractivity contribution in [2.24, 2.45) is 0 Å². The topological polar surface area (TPSA) is 74.8 Å². The van der Waals surface area contributed by atoms with Crippen LogP contribution in [0.2, 0.25) is 0 Å². The number of nitrogens with one attached hydrogen (secondary N) is 1. The second kappa shape index (κ2) is 8.64. The predicted octanol–water partition coefficient (Wildman–Crippen LogP) is 1.80. The maximum Gasteiger partial charge on any atom is 0.255 e. The number of anilines is 1. The van der Waals surface area contributed by atoms with Crippen LogP contribution in [0.15, 0.2) is 42.6 Å². The predicted molar refractivity (Wildman–Crippen MR) is 103 cm³/mol. The van der Waals surface area contributed by atoms with Crippen LogP contribution < -0.4 is 10.1 Å². The summed E-state index contributed by atoms with van der Waals surface area (Å²) in [6.07, 6.45) is 1.53. The number of aromatic nitrogens is 1. The van der Waals surface area contributed by atoms with Crippen LogP contribution in [0.5, 0.6) is 5.88 Å². The fourth-order valence-corrected chi connectivity index (χ4v) is 2.96. The average Bonchev–Trinajstić information content (AvgIpc) is 2.70. The van der Waals surface area contributed by atoms with Gasteiger partial charge in [-0.1, -0.05) is 17.7 Å². The van der Waals surface area contributed by atoms with E-state index < -0.39 is 0 Å². The smallest absolute Gasteiger partial charge is 0.255 e. The lowest BCUT2D eigenvalue weighted by Gasteiger charge is -2.34. The van der Waals surface area contributed by atoms with E-state index in [0.29, 0.717) is 44.2 Å². The van der Waals surface area contributed by atoms with Gasteiger partial charge in [0.05, 0.1) is 19.2 Å². The van der Waals surface area contributed by atoms with Gasteiger partial charge in [-0.3, -0.25) is 14.5 Å². The van der Waals surface area contributed by atoms with E-state index in [0.717, 1.165) is 11.3 Å². The third-order valence-electron chi connectivity index (χ3n) is 4.55. The van der Waals surface area contributed by atoms with E-state index in [1.807, 2.05) is 31.2 Å². The Kier molecular flexibility index (Phi) is 6.03. The Morgan fingerprint density at radius 1 is 1.07 bits per heavy atom. The Hall–Kier alpha value is -2.93. The Morgan fingerprint density at radius 2 is 1.78 bits per heavy atom. The van der Waals surface area contributed by atoms with Gasteiger partial charge in [0.15, 0.2) is 0 Å². The van der Waals surface area contributed by atoms with Crippen molar-refractivity contribution in [3.63, 3.8) is 0 Å². The van der Waals surface area contributed by atoms with Gasteiger partial charge in [-0.05, 0) is 25.1 Å². The molecule has 2 aromatic rings. The SMILES string of the molecule is COc1ccc(C(=O)N2CCN(CC(=O)Nc3ccc(C)cc3)CC2)cn1. The number of piperazine rings is 1. The van der Waals surface area contributed by atoms with Gasteiger partial charge < -0.3 is 15.0 Å². The number of amides is 2. The fraction of sp³-hybridized carbons (Fsp3) is 0.350. The number of aryl methyl sites for hydroxylation is 1. The molecule has 7 nitrogen and oxygen atoms in total. The third-order valence-corrected chi connectivity index (χ3v) is 4.55. The molecule has 0 unspecified atom stereocenters. The van der Waals surface area contributed by atoms with Crippen molar-refractivity contribution in [2.45, 2.75) is 6.92 Å². The van der Waals surface area contributed by atoms with Gasteiger partial charge >= 0.3 is 0 Å². The second-order valence-corrected chi connectivity index (χ2v) is 6.57. The molecule has 1 aromatic heterocycles. The number of benzene rings is 1. The molecule has 1 fully saturated rings. The molecule has 0 radical (unpaired) electrons. The van der Waals surface area contributed by atoms with Gasteiger partial charge in [0.25, 0.3) is 5.91 Å². The van der Waals surface area contributed by atoms with Gasteiger partial charge in [0.2, 0.25) is 11.8 Å². The molecule has 1 aromatic carbocycles. The molecule has 1 aliphatic heterocycles. The zero-order valence-electron chi connectivity index (χ0n) is 15.6. The van der Waals surface area contributed by atoms with E-state index in [1.165, 1.54) is 13.3 Å². The lowest BCUT2D eigenvalue weighted by Crippen LogP contribution is -2.50. The number of pyridine rings is 1. The first-order chi connectivity index (χ1) is 13.0. The van der Waals surface area contributed by atoms with E-state index in [-0.39, 0.29) is 11.8 Å². The van der Waals surface area contributed by atoms with Crippen molar-refractivity contribution >= 4 is 17.5 Å². The molecular weight excluding hydrogens is 344 g/mol. The summed E-state index contributed by atoms with van der Waals surface area (Å²) in [4.78, 5) is 32.7. The molecule has 3 rings (SSSR count). The molecule has 142 valence electrons. The van der Waals surface area contributed by atoms with Crippen molar-refractivity contribution in [3.8, 4) is 5.88 Å². The molecule has 0 atom stereocenters. The summed E-state index contributed by atoms with van der Waals surface area (Å²) in [5.41, 5.74) is 2.49. The first-order valence-corrected chi connectivity index (χ1v) is 8.93. The third kappa shape index (κ3) is 5.04. The van der Waals surface area contributed by atoms with Gasteiger partial charge in [-0.25, -0.2) is 4.98 Å². The zero-order valence-corrected chi connectivity index (χ0v) is 15.6. The Labute approximate surface area is 158 Å². The quantitative estimate of drug-likeness (QED) is 0.871. The van der Waals surface area contributed by atoms with Crippen LogP contribution in [0, 0.1) is 6.92 Å². The summed E-state index contributed by atoms with van der Waals surface area (Å²) in [7, 11) is 1.54. The molecule has 1 N–H and O–H groups in total. The maximum absolute atomic E-state index is 12.5. The minimum absolute atomic E-state index is 0.0435. The number of ether oxygens (including phenoxy) is 1. The highest BCUT2D eigenvalue weighted by Crippen LogP contribution is 2.12. The average molecular weight is 368 g/mol. The molecule has 2 amide bonds. The molecule has 0 aliphatic carbocycles. The zero-order chi connectivity index (χ0) is 19.2. The van der Waals surface area contributed by atoms with Gasteiger partial charge in [0.1, 0.15) is 0 Å². The molecule has 0 saturated carbocycles. The van der Waals surface area contributed by atoms with Crippen LogP contribution in [0.1, 0.15) is 15.9 Å². The van der Waals surface area contributed by atoms with Crippen molar-refractivity contribution in [2.75, 3.05) is 45.2 Å². The van der Waals surface area contributed by atoms with E-state index in [4.69, 9.17) is 4.74 Å². The Bertz CT molecular complexity index is 782. The highest BCUT2D eigenvalue weighted by molar-refractivity contribution is 5.94. The first kappa shape index (κ1) is 18.8. The number of nitrogens with zero attached hydrogens (tertiary/aromatic N) is 3. The number of carbonyl (C=O) groups is 2. The Balaban J connectivity index is 1.47. The number of hydrogen-bond donors (Lipinski definition) is 1. The standard InChI is InChI=1S/C20H24N4O3/c1-15-3-6-17(7-4-15)22-18(25)14-23-9-11-24(12-10-23)20(26)16-5-8-19(27-2)21-13-16/h3-8,13H,9-12,14H2,1-2H3,(H,22,25). The van der Waals surface area contributed by atoms with E-state index in [2.05, 4.69) is 15.2 Å². The molecule has 1 aliphatic rings. The fourth-order valence-electron chi connectivity index (χ4n) is 2.96. The maximum atomic E-state index is 12.5. The van der Waals surface area contributed by atoms with Crippen LogP contribution in [0.3, 0.4) is 0 Å². The summed E-state index contributed by atoms with van der Waals surface area (Å²) in [5.74, 6) is 0.392. The normalized spacial score (nSPS) is 14.7. The summed E-state index contributed by atoms with van der Waals surface area (Å²) < 4.78 is 5.01. The minimum Gasteiger partial charge on any atom is -0.481 e. The van der Waals surface area contributed by atoms with Gasteiger partial charge in [-0.2, -0.15) is 0 Å². The van der Waals surface area contributed by atoms with E-state index in [1.54, 1.807) is 17.0 Å². The number of methoxy groups -OCH3 is 1. The van der Waals surface area contributed by atoms with E-state index >= 15 is 0 Å². The lowest BCUT2D eigenvalue weighted by atomic mass is 10.2. The summed E-state index contributed by atoms with van der Waals surface area (Å²) in [6.45, 7) is 4.83. The van der Waals surface area contributed by atoms with Crippen LogP contribution >= 0.6 is 0 Å². The molecular formula is C20H24N4O3. The van der Waals surface area contributed by atoms with Gasteiger partial charge in [-0.15, -0.1) is 0 Å². The summed E-state index contributed by atoms with van der Waals surface area (Å²) >= 11 is 0. The van der Waals surface area contributed by atoms with Crippen LogP contribution in [0.25, 0.3) is 0 Å². The molecule has 2 heterocycles. The summed E-state index contributed by atoms with van der Waals surface area (Å²) in [6, 6.07) is 11.1. The van der Waals surface area contributed by atoms with Crippen molar-refractivity contribution in [1.29, 1.82) is 0 Å². The molecule has 0 bridgehead atoms. The number of rotatable bonds is 5. The molecule has 1 saturated heterocycles. The van der Waals surface area contributed by atoms with Crippen molar-refractivity contribution in [1.82, 2.24) is 14.8 Å².